The highest BCUT2D eigenvalue weighted by atomic mass is 35.5. The second-order valence-corrected chi connectivity index (χ2v) is 4.58. The van der Waals surface area contributed by atoms with Gasteiger partial charge in [-0.2, -0.15) is 0 Å². The minimum atomic E-state index is -1.14. The number of aromatic carboxylic acids is 1. The van der Waals surface area contributed by atoms with Crippen LogP contribution in [0.15, 0.2) is 28.7 Å². The molecule has 5 nitrogen and oxygen atoms in total. The zero-order valence-electron chi connectivity index (χ0n) is 10.6. The number of aromatic nitrogens is 1. The van der Waals surface area contributed by atoms with Gasteiger partial charge in [0.15, 0.2) is 5.69 Å². The van der Waals surface area contributed by atoms with E-state index in [2.05, 4.69) is 4.98 Å². The lowest BCUT2D eigenvalue weighted by Crippen LogP contribution is -2.18. The molecule has 0 fully saturated rings. The van der Waals surface area contributed by atoms with Crippen LogP contribution in [0.1, 0.15) is 22.0 Å². The quantitative estimate of drug-likeness (QED) is 0.932. The topological polar surface area (TPSA) is 66.6 Å². The first-order valence-electron chi connectivity index (χ1n) is 5.63. The average molecular weight is 281 g/mol. The minimum absolute atomic E-state index is 0.124. The van der Waals surface area contributed by atoms with Crippen LogP contribution in [0.4, 0.5) is 5.82 Å². The minimum Gasteiger partial charge on any atom is -0.476 e. The van der Waals surface area contributed by atoms with E-state index in [9.17, 15) is 4.79 Å². The molecule has 0 aliphatic rings. The van der Waals surface area contributed by atoms with E-state index < -0.39 is 5.97 Å². The molecule has 2 rings (SSSR count). The number of hydrogen-bond donors (Lipinski definition) is 1. The van der Waals surface area contributed by atoms with Crippen LogP contribution in [0, 0.1) is 6.92 Å². The van der Waals surface area contributed by atoms with Gasteiger partial charge in [0.05, 0.1) is 11.6 Å². The maximum Gasteiger partial charge on any atom is 0.356 e. The highest BCUT2D eigenvalue weighted by molar-refractivity contribution is 6.33. The van der Waals surface area contributed by atoms with Crippen LogP contribution in [0.25, 0.3) is 0 Å². The summed E-state index contributed by atoms with van der Waals surface area (Å²) in [7, 11) is 1.81. The van der Waals surface area contributed by atoms with Crippen LogP contribution in [0.2, 0.25) is 5.02 Å². The Balaban J connectivity index is 2.21. The lowest BCUT2D eigenvalue weighted by molar-refractivity contribution is 0.0691. The van der Waals surface area contributed by atoms with E-state index >= 15 is 0 Å². The van der Waals surface area contributed by atoms with Crippen LogP contribution in [0.5, 0.6) is 0 Å². The Morgan fingerprint density at radius 3 is 2.74 bits per heavy atom. The van der Waals surface area contributed by atoms with Crippen molar-refractivity contribution in [1.29, 1.82) is 0 Å². The second kappa shape index (κ2) is 5.32. The molecule has 2 aromatic rings. The zero-order valence-corrected chi connectivity index (χ0v) is 11.3. The molecule has 0 aromatic carbocycles. The van der Waals surface area contributed by atoms with Crippen molar-refractivity contribution < 1.29 is 14.3 Å². The van der Waals surface area contributed by atoms with Gasteiger partial charge in [-0.25, -0.2) is 9.78 Å². The third-order valence-electron chi connectivity index (χ3n) is 2.61. The van der Waals surface area contributed by atoms with Crippen molar-refractivity contribution >= 4 is 23.4 Å². The number of furan rings is 1. The second-order valence-electron chi connectivity index (χ2n) is 4.17. The number of nitrogens with zero attached hydrogens (tertiary/aromatic N) is 2. The van der Waals surface area contributed by atoms with Crippen molar-refractivity contribution in [1.82, 2.24) is 4.98 Å². The van der Waals surface area contributed by atoms with Crippen molar-refractivity contribution in [2.24, 2.45) is 0 Å². The highest BCUT2D eigenvalue weighted by Gasteiger charge is 2.14. The summed E-state index contributed by atoms with van der Waals surface area (Å²) in [5.74, 6) is 0.997. The molecule has 0 atom stereocenters. The monoisotopic (exact) mass is 280 g/mol. The molecule has 0 radical (unpaired) electrons. The number of hydrogen-bond acceptors (Lipinski definition) is 4. The normalized spacial score (nSPS) is 10.5. The van der Waals surface area contributed by atoms with E-state index in [4.69, 9.17) is 21.1 Å². The van der Waals surface area contributed by atoms with Crippen LogP contribution in [-0.4, -0.2) is 23.1 Å². The summed E-state index contributed by atoms with van der Waals surface area (Å²) in [6.07, 6.45) is 0. The van der Waals surface area contributed by atoms with Crippen molar-refractivity contribution in [3.63, 3.8) is 0 Å². The van der Waals surface area contributed by atoms with Crippen LogP contribution in [0.3, 0.4) is 0 Å². The lowest BCUT2D eigenvalue weighted by Gasteiger charge is -2.17. The first kappa shape index (κ1) is 13.4. The molecule has 19 heavy (non-hydrogen) atoms. The van der Waals surface area contributed by atoms with Crippen molar-refractivity contribution in [2.45, 2.75) is 13.5 Å². The summed E-state index contributed by atoms with van der Waals surface area (Å²) < 4.78 is 5.47. The first-order chi connectivity index (χ1) is 8.97. The summed E-state index contributed by atoms with van der Waals surface area (Å²) in [6, 6.07) is 6.95. The Bertz CT molecular complexity index is 610. The molecule has 0 unspecified atom stereocenters. The molecule has 0 spiro atoms. The molecule has 0 saturated heterocycles. The van der Waals surface area contributed by atoms with Gasteiger partial charge in [-0.15, -0.1) is 0 Å². The Morgan fingerprint density at radius 2 is 2.16 bits per heavy atom. The van der Waals surface area contributed by atoms with Crippen LogP contribution >= 0.6 is 11.6 Å². The van der Waals surface area contributed by atoms with E-state index in [-0.39, 0.29) is 10.7 Å². The maximum atomic E-state index is 11.0. The Labute approximate surface area is 115 Å². The number of carboxylic acid groups (broad SMARTS) is 1. The smallest absolute Gasteiger partial charge is 0.356 e. The SMILES string of the molecule is Cc1ccc(CN(C)c2ccc(Cl)c(C(=O)O)n2)o1. The number of carbonyl (C=O) groups is 1. The predicted molar refractivity (Wildman–Crippen MR) is 71.8 cm³/mol. The third kappa shape index (κ3) is 3.06. The molecule has 2 heterocycles. The number of halogens is 1. The third-order valence-corrected chi connectivity index (χ3v) is 2.92. The van der Waals surface area contributed by atoms with Gasteiger partial charge >= 0.3 is 5.97 Å². The maximum absolute atomic E-state index is 11.0. The van der Waals surface area contributed by atoms with Crippen molar-refractivity contribution in [2.75, 3.05) is 11.9 Å². The Morgan fingerprint density at radius 1 is 1.42 bits per heavy atom. The number of aryl methyl sites for hydroxylation is 1. The van der Waals surface area contributed by atoms with Gasteiger partial charge in [0.25, 0.3) is 0 Å². The molecule has 0 bridgehead atoms. The molecule has 6 heteroatoms. The van der Waals surface area contributed by atoms with Gasteiger partial charge in [0, 0.05) is 7.05 Å². The van der Waals surface area contributed by atoms with Gasteiger partial charge in [-0.1, -0.05) is 11.6 Å². The fourth-order valence-corrected chi connectivity index (χ4v) is 1.87. The van der Waals surface area contributed by atoms with Crippen molar-refractivity contribution in [3.05, 3.63) is 46.5 Å². The van der Waals surface area contributed by atoms with Gasteiger partial charge in [0.1, 0.15) is 17.3 Å². The molecule has 0 aliphatic carbocycles. The summed E-state index contributed by atoms with van der Waals surface area (Å²) >= 11 is 5.78. The summed E-state index contributed by atoms with van der Waals surface area (Å²) in [5, 5.41) is 9.10. The molecule has 100 valence electrons. The first-order valence-corrected chi connectivity index (χ1v) is 6.01. The molecular formula is C13H13ClN2O3. The molecule has 2 aromatic heterocycles. The standard InChI is InChI=1S/C13H13ClN2O3/c1-8-3-4-9(19-8)7-16(2)11-6-5-10(14)12(15-11)13(17)18/h3-6H,7H2,1-2H3,(H,17,18). The van der Waals surface area contributed by atoms with Gasteiger partial charge in [-0.05, 0) is 31.2 Å². The van der Waals surface area contributed by atoms with E-state index in [1.54, 1.807) is 18.0 Å². The van der Waals surface area contributed by atoms with Crippen molar-refractivity contribution in [3.8, 4) is 0 Å². The fourth-order valence-electron chi connectivity index (χ4n) is 1.68. The molecule has 0 saturated carbocycles. The van der Waals surface area contributed by atoms with E-state index in [1.165, 1.54) is 6.07 Å². The van der Waals surface area contributed by atoms with E-state index in [1.807, 2.05) is 19.1 Å². The molecule has 0 aliphatic heterocycles. The van der Waals surface area contributed by atoms with Gasteiger partial charge in [0.2, 0.25) is 0 Å². The molecular weight excluding hydrogens is 268 g/mol. The van der Waals surface area contributed by atoms with Gasteiger partial charge < -0.3 is 14.4 Å². The summed E-state index contributed by atoms with van der Waals surface area (Å²) in [4.78, 5) is 16.8. The fraction of sp³-hybridized carbons (Fsp3) is 0.231. The number of anilines is 1. The summed E-state index contributed by atoms with van der Waals surface area (Å²) in [6.45, 7) is 2.37. The zero-order chi connectivity index (χ0) is 14.0. The predicted octanol–water partition coefficient (Wildman–Crippen LogP) is 2.97. The van der Waals surface area contributed by atoms with E-state index in [0.29, 0.717) is 12.4 Å². The van der Waals surface area contributed by atoms with Crippen LogP contribution < -0.4 is 4.90 Å². The van der Waals surface area contributed by atoms with Crippen LogP contribution in [-0.2, 0) is 6.54 Å². The lowest BCUT2D eigenvalue weighted by atomic mass is 10.3. The van der Waals surface area contributed by atoms with Gasteiger partial charge in [-0.3, -0.25) is 0 Å². The average Bonchev–Trinajstić information content (AvgIpc) is 2.74. The largest absolute Gasteiger partial charge is 0.476 e. The number of pyridine rings is 1. The number of rotatable bonds is 4. The number of carboxylic acids is 1. The Hall–Kier alpha value is -2.01. The highest BCUT2D eigenvalue weighted by Crippen LogP contribution is 2.20. The molecule has 1 N–H and O–H groups in total. The Kier molecular flexibility index (Phi) is 3.76. The summed E-state index contributed by atoms with van der Waals surface area (Å²) in [5.41, 5.74) is -0.151. The molecule has 0 amide bonds. The van der Waals surface area contributed by atoms with E-state index in [0.717, 1.165) is 11.5 Å².